The first-order valence-corrected chi connectivity index (χ1v) is 8.27. The number of likely N-dealkylation sites (tertiary alicyclic amines) is 1. The van der Waals surface area contributed by atoms with Crippen molar-refractivity contribution < 1.29 is 9.69 Å². The van der Waals surface area contributed by atoms with Crippen LogP contribution in [0.3, 0.4) is 0 Å². The molecule has 3 nitrogen and oxygen atoms in total. The third-order valence-corrected chi connectivity index (χ3v) is 4.46. The lowest BCUT2D eigenvalue weighted by atomic mass is 10.0. The summed E-state index contributed by atoms with van der Waals surface area (Å²) in [6, 6.07) is 4.26. The average Bonchev–Trinajstić information content (AvgIpc) is 2.69. The average molecular weight is 289 g/mol. The van der Waals surface area contributed by atoms with Gasteiger partial charge in [-0.05, 0) is 57.6 Å². The van der Waals surface area contributed by atoms with E-state index in [2.05, 4.69) is 38.2 Å². The highest BCUT2D eigenvalue weighted by atomic mass is 16.1. The van der Waals surface area contributed by atoms with E-state index in [9.17, 15) is 4.79 Å². The van der Waals surface area contributed by atoms with Crippen LogP contribution in [0.25, 0.3) is 0 Å². The Labute approximate surface area is 128 Å². The Kier molecular flexibility index (Phi) is 5.80. The van der Waals surface area contributed by atoms with Crippen LogP contribution in [0, 0.1) is 20.8 Å². The van der Waals surface area contributed by atoms with E-state index in [0.29, 0.717) is 6.42 Å². The molecule has 116 valence electrons. The first-order valence-electron chi connectivity index (χ1n) is 8.27. The molecule has 1 aliphatic rings. The van der Waals surface area contributed by atoms with Crippen molar-refractivity contribution in [3.63, 3.8) is 0 Å². The van der Waals surface area contributed by atoms with Crippen molar-refractivity contribution in [2.24, 2.45) is 0 Å². The van der Waals surface area contributed by atoms with Gasteiger partial charge in [-0.15, -0.1) is 0 Å². The Morgan fingerprint density at radius 2 is 1.62 bits per heavy atom. The van der Waals surface area contributed by atoms with E-state index in [1.54, 1.807) is 4.90 Å². The number of amides is 1. The monoisotopic (exact) mass is 289 g/mol. The van der Waals surface area contributed by atoms with E-state index in [4.69, 9.17) is 0 Å². The molecule has 0 bridgehead atoms. The summed E-state index contributed by atoms with van der Waals surface area (Å²) in [5.74, 6) is 0.154. The molecular formula is C18H29N2O+. The number of anilines is 1. The van der Waals surface area contributed by atoms with Crippen LogP contribution in [-0.4, -0.2) is 25.5 Å². The van der Waals surface area contributed by atoms with Crippen molar-refractivity contribution in [3.05, 3.63) is 28.8 Å². The van der Waals surface area contributed by atoms with Gasteiger partial charge in [0.1, 0.15) is 0 Å². The van der Waals surface area contributed by atoms with Gasteiger partial charge in [0.25, 0.3) is 0 Å². The smallest absolute Gasteiger partial charge is 0.230 e. The topological polar surface area (TPSA) is 33.5 Å². The molecule has 1 aliphatic heterocycles. The Balaban J connectivity index is 1.87. The predicted molar refractivity (Wildman–Crippen MR) is 87.9 cm³/mol. The van der Waals surface area contributed by atoms with Crippen LogP contribution in [-0.2, 0) is 4.79 Å². The Morgan fingerprint density at radius 1 is 1.05 bits per heavy atom. The van der Waals surface area contributed by atoms with Crippen LogP contribution in [0.2, 0.25) is 0 Å². The van der Waals surface area contributed by atoms with Crippen LogP contribution < -0.4 is 10.2 Å². The molecular weight excluding hydrogens is 260 g/mol. The third kappa shape index (κ3) is 4.85. The van der Waals surface area contributed by atoms with Crippen LogP contribution in [0.15, 0.2) is 12.1 Å². The summed E-state index contributed by atoms with van der Waals surface area (Å²) >= 11 is 0. The van der Waals surface area contributed by atoms with E-state index in [0.717, 1.165) is 23.4 Å². The first kappa shape index (κ1) is 16.0. The summed E-state index contributed by atoms with van der Waals surface area (Å²) in [6.45, 7) is 9.65. The minimum absolute atomic E-state index is 0.154. The Morgan fingerprint density at radius 3 is 2.19 bits per heavy atom. The quantitative estimate of drug-likeness (QED) is 0.877. The molecule has 0 spiro atoms. The highest BCUT2D eigenvalue weighted by molar-refractivity contribution is 5.92. The standard InChI is InChI=1S/C18H28N2O/c1-14-12-15(2)18(16(3)13-14)19-17(21)8-11-20-9-6-4-5-7-10-20/h12-13H,4-11H2,1-3H3,(H,19,21)/p+1. The van der Waals surface area contributed by atoms with Crippen molar-refractivity contribution >= 4 is 11.6 Å². The minimum atomic E-state index is 0.154. The van der Waals surface area contributed by atoms with Crippen molar-refractivity contribution in [2.45, 2.75) is 52.9 Å². The van der Waals surface area contributed by atoms with Crippen molar-refractivity contribution in [2.75, 3.05) is 25.0 Å². The SMILES string of the molecule is Cc1cc(C)c(NC(=O)CC[NH+]2CCCCCC2)c(C)c1. The summed E-state index contributed by atoms with van der Waals surface area (Å²) in [4.78, 5) is 13.8. The molecule has 2 N–H and O–H groups in total. The lowest BCUT2D eigenvalue weighted by molar-refractivity contribution is -0.898. The number of carbonyl (C=O) groups excluding carboxylic acids is 1. The summed E-state index contributed by atoms with van der Waals surface area (Å²) in [5.41, 5.74) is 4.56. The lowest BCUT2D eigenvalue weighted by Gasteiger charge is -2.17. The molecule has 1 fully saturated rings. The van der Waals surface area contributed by atoms with E-state index in [1.807, 2.05) is 0 Å². The maximum absolute atomic E-state index is 12.2. The van der Waals surface area contributed by atoms with Gasteiger partial charge in [-0.1, -0.05) is 17.7 Å². The van der Waals surface area contributed by atoms with E-state index in [-0.39, 0.29) is 5.91 Å². The highest BCUT2D eigenvalue weighted by Crippen LogP contribution is 2.21. The van der Waals surface area contributed by atoms with E-state index < -0.39 is 0 Å². The van der Waals surface area contributed by atoms with Crippen LogP contribution in [0.4, 0.5) is 5.69 Å². The van der Waals surface area contributed by atoms with E-state index in [1.165, 1.54) is 44.3 Å². The van der Waals surface area contributed by atoms with Gasteiger partial charge in [-0.3, -0.25) is 4.79 Å². The fourth-order valence-electron chi connectivity index (χ4n) is 3.35. The number of carbonyl (C=O) groups is 1. The molecule has 0 aromatic heterocycles. The fraction of sp³-hybridized carbons (Fsp3) is 0.611. The minimum Gasteiger partial charge on any atom is -0.335 e. The zero-order chi connectivity index (χ0) is 15.2. The molecule has 0 unspecified atom stereocenters. The summed E-state index contributed by atoms with van der Waals surface area (Å²) in [7, 11) is 0. The number of nitrogens with one attached hydrogen (secondary N) is 2. The van der Waals surface area contributed by atoms with Crippen molar-refractivity contribution in [3.8, 4) is 0 Å². The normalized spacial score (nSPS) is 16.5. The molecule has 3 heteroatoms. The number of benzene rings is 1. The van der Waals surface area contributed by atoms with Gasteiger partial charge in [0, 0.05) is 5.69 Å². The number of hydrogen-bond donors (Lipinski definition) is 2. The summed E-state index contributed by atoms with van der Waals surface area (Å²) in [5, 5.41) is 3.11. The molecule has 0 radical (unpaired) electrons. The second kappa shape index (κ2) is 7.60. The first-order chi connectivity index (χ1) is 10.1. The van der Waals surface area contributed by atoms with Crippen molar-refractivity contribution in [1.29, 1.82) is 0 Å². The van der Waals surface area contributed by atoms with Gasteiger partial charge in [0.15, 0.2) is 0 Å². The van der Waals surface area contributed by atoms with Gasteiger partial charge in [-0.25, -0.2) is 0 Å². The van der Waals surface area contributed by atoms with Gasteiger partial charge >= 0.3 is 0 Å². The Hall–Kier alpha value is -1.35. The summed E-state index contributed by atoms with van der Waals surface area (Å²) < 4.78 is 0. The second-order valence-electron chi connectivity index (χ2n) is 6.49. The van der Waals surface area contributed by atoms with Gasteiger partial charge < -0.3 is 10.2 Å². The van der Waals surface area contributed by atoms with Gasteiger partial charge in [0.2, 0.25) is 5.91 Å². The maximum atomic E-state index is 12.2. The number of hydrogen-bond acceptors (Lipinski definition) is 1. The maximum Gasteiger partial charge on any atom is 0.230 e. The molecule has 1 aromatic rings. The zero-order valence-electron chi connectivity index (χ0n) is 13.7. The predicted octanol–water partition coefficient (Wildman–Crippen LogP) is 2.40. The molecule has 0 atom stereocenters. The molecule has 1 aromatic carbocycles. The number of rotatable bonds is 4. The largest absolute Gasteiger partial charge is 0.335 e. The van der Waals surface area contributed by atoms with Gasteiger partial charge in [0.05, 0.1) is 26.1 Å². The van der Waals surface area contributed by atoms with Crippen LogP contribution in [0.5, 0.6) is 0 Å². The molecule has 1 heterocycles. The number of aryl methyl sites for hydroxylation is 3. The highest BCUT2D eigenvalue weighted by Gasteiger charge is 2.15. The van der Waals surface area contributed by atoms with E-state index >= 15 is 0 Å². The second-order valence-corrected chi connectivity index (χ2v) is 6.49. The third-order valence-electron chi connectivity index (χ3n) is 4.46. The Bertz CT molecular complexity index is 465. The molecule has 0 saturated carbocycles. The molecule has 0 aliphatic carbocycles. The van der Waals surface area contributed by atoms with Crippen molar-refractivity contribution in [1.82, 2.24) is 0 Å². The molecule has 2 rings (SSSR count). The fourth-order valence-corrected chi connectivity index (χ4v) is 3.35. The van der Waals surface area contributed by atoms with Crippen LogP contribution in [0.1, 0.15) is 48.8 Å². The molecule has 1 amide bonds. The van der Waals surface area contributed by atoms with Crippen LogP contribution >= 0.6 is 0 Å². The number of quaternary nitrogens is 1. The molecule has 21 heavy (non-hydrogen) atoms. The lowest BCUT2D eigenvalue weighted by Crippen LogP contribution is -3.12. The summed E-state index contributed by atoms with van der Waals surface area (Å²) in [6.07, 6.45) is 5.97. The zero-order valence-corrected chi connectivity index (χ0v) is 13.7. The molecule has 1 saturated heterocycles. The van der Waals surface area contributed by atoms with Gasteiger partial charge in [-0.2, -0.15) is 0 Å².